The molecule has 4 aromatic rings. The second-order valence-corrected chi connectivity index (χ2v) is 8.67. The molecule has 0 radical (unpaired) electrons. The molecule has 0 spiro atoms. The second-order valence-electron chi connectivity index (χ2n) is 8.67. The Hall–Kier alpha value is -3.47. The van der Waals surface area contributed by atoms with Crippen molar-refractivity contribution < 1.29 is 21.6 Å². The number of nitriles is 1. The molecule has 1 aliphatic heterocycles. The number of nitrogens with zero attached hydrogens (tertiary/aromatic N) is 3. The number of rotatable bonds is 7. The van der Waals surface area contributed by atoms with Gasteiger partial charge in [-0.1, -0.05) is 0 Å². The quantitative estimate of drug-likeness (QED) is 0.388. The molecule has 0 unspecified atom stereocenters. The van der Waals surface area contributed by atoms with E-state index in [2.05, 4.69) is 33.1 Å². The number of furan rings is 1. The number of benzene rings is 2. The number of fused-ring (bicyclic) bond motifs is 2. The lowest BCUT2D eigenvalue weighted by atomic mass is 10.1. The predicted molar refractivity (Wildman–Crippen MR) is 129 cm³/mol. The lowest BCUT2D eigenvalue weighted by Crippen LogP contribution is -3.00. The van der Waals surface area contributed by atoms with Crippen LogP contribution in [0.2, 0.25) is 0 Å². The Balaban J connectivity index is 0.00000274. The Bertz CT molecular complexity index is 1340. The second kappa shape index (κ2) is 10.2. The van der Waals surface area contributed by atoms with Crippen molar-refractivity contribution in [1.29, 1.82) is 5.26 Å². The van der Waals surface area contributed by atoms with Crippen LogP contribution in [0.15, 0.2) is 53.1 Å². The van der Waals surface area contributed by atoms with Crippen molar-refractivity contribution in [2.75, 3.05) is 37.6 Å². The van der Waals surface area contributed by atoms with Crippen LogP contribution in [0.25, 0.3) is 21.9 Å². The molecule has 5 rings (SSSR count). The average Bonchev–Trinajstić information content (AvgIpc) is 3.45. The van der Waals surface area contributed by atoms with Crippen LogP contribution >= 0.6 is 0 Å². The average molecular weight is 477 g/mol. The van der Waals surface area contributed by atoms with Gasteiger partial charge in [0.25, 0.3) is 5.91 Å². The number of nitrogens with one attached hydrogen (secondary N) is 1. The molecule has 0 aliphatic carbocycles. The molecule has 1 amide bonds. The number of halogens is 1. The number of anilines is 1. The third-order valence-corrected chi connectivity index (χ3v) is 6.55. The van der Waals surface area contributed by atoms with Crippen LogP contribution < -0.4 is 23.0 Å². The van der Waals surface area contributed by atoms with E-state index in [1.54, 1.807) is 6.07 Å². The number of carbonyl (C=O) groups is 1. The van der Waals surface area contributed by atoms with E-state index < -0.39 is 5.91 Å². The molecule has 1 aliphatic rings. The first kappa shape index (κ1) is 23.7. The fourth-order valence-corrected chi connectivity index (χ4v) is 4.68. The number of unbranched alkanes of at least 4 members (excludes halogenated alkanes) is 1. The highest BCUT2D eigenvalue weighted by Crippen LogP contribution is 2.26. The van der Waals surface area contributed by atoms with Crippen LogP contribution in [-0.2, 0) is 6.42 Å². The van der Waals surface area contributed by atoms with Gasteiger partial charge in [-0.2, -0.15) is 5.26 Å². The Morgan fingerprint density at radius 1 is 1.09 bits per heavy atom. The van der Waals surface area contributed by atoms with E-state index in [4.69, 9.17) is 15.4 Å². The molecule has 0 bridgehead atoms. The van der Waals surface area contributed by atoms with Crippen molar-refractivity contribution in [3.8, 4) is 6.07 Å². The molecule has 2 aromatic heterocycles. The highest BCUT2D eigenvalue weighted by atomic mass is 35.5. The first-order valence-electron chi connectivity index (χ1n) is 11.4. The number of carbonyl (C=O) groups excluding carboxylic acids is 1. The van der Waals surface area contributed by atoms with Crippen molar-refractivity contribution in [1.82, 2.24) is 9.88 Å². The summed E-state index contributed by atoms with van der Waals surface area (Å²) in [6, 6.07) is 15.8. The minimum absolute atomic E-state index is 0. The van der Waals surface area contributed by atoms with E-state index in [1.807, 2.05) is 30.3 Å². The minimum Gasteiger partial charge on any atom is -1.00 e. The van der Waals surface area contributed by atoms with Gasteiger partial charge in [0.05, 0.1) is 11.6 Å². The lowest BCUT2D eigenvalue weighted by molar-refractivity contribution is -0.0000151. The summed E-state index contributed by atoms with van der Waals surface area (Å²) in [5, 5.41) is 11.2. The SMILES string of the molecule is N#Cc1ccc2[nH]cc(CCCCN3CCN(c4ccc5oc(C(N)=O)cc5c4)CC3)c2c1.[Cl-]. The Morgan fingerprint density at radius 2 is 1.91 bits per heavy atom. The Kier molecular flexibility index (Phi) is 7.11. The number of piperazine rings is 1. The predicted octanol–water partition coefficient (Wildman–Crippen LogP) is 1.03. The fraction of sp³-hybridized carbons (Fsp3) is 0.308. The molecule has 1 saturated heterocycles. The molecule has 1 fully saturated rings. The summed E-state index contributed by atoms with van der Waals surface area (Å²) >= 11 is 0. The van der Waals surface area contributed by atoms with Crippen molar-refractivity contribution in [2.24, 2.45) is 5.73 Å². The number of hydrogen-bond acceptors (Lipinski definition) is 5. The van der Waals surface area contributed by atoms with Gasteiger partial charge >= 0.3 is 0 Å². The Labute approximate surface area is 204 Å². The molecule has 34 heavy (non-hydrogen) atoms. The molecule has 3 heterocycles. The van der Waals surface area contributed by atoms with Crippen LogP contribution in [0.3, 0.4) is 0 Å². The Morgan fingerprint density at radius 3 is 2.68 bits per heavy atom. The number of aryl methyl sites for hydroxylation is 1. The number of nitrogens with two attached hydrogens (primary N) is 1. The molecule has 176 valence electrons. The highest BCUT2D eigenvalue weighted by Gasteiger charge is 2.18. The fourth-order valence-electron chi connectivity index (χ4n) is 4.68. The van der Waals surface area contributed by atoms with Crippen molar-refractivity contribution in [3.05, 3.63) is 65.5 Å². The topological polar surface area (TPSA) is 102 Å². The summed E-state index contributed by atoms with van der Waals surface area (Å²) in [5.41, 5.74) is 10.3. The monoisotopic (exact) mass is 476 g/mol. The highest BCUT2D eigenvalue weighted by molar-refractivity contribution is 5.95. The van der Waals surface area contributed by atoms with E-state index in [0.717, 1.165) is 68.6 Å². The van der Waals surface area contributed by atoms with Crippen LogP contribution in [0, 0.1) is 11.3 Å². The van der Waals surface area contributed by atoms with Gasteiger partial charge in [-0.25, -0.2) is 0 Å². The van der Waals surface area contributed by atoms with Crippen LogP contribution in [0.5, 0.6) is 0 Å². The van der Waals surface area contributed by atoms with Crippen molar-refractivity contribution >= 4 is 33.5 Å². The number of aromatic nitrogens is 1. The number of primary amides is 1. The van der Waals surface area contributed by atoms with Crippen molar-refractivity contribution in [2.45, 2.75) is 19.3 Å². The molecule has 8 heteroatoms. The zero-order chi connectivity index (χ0) is 22.8. The number of hydrogen-bond donors (Lipinski definition) is 2. The smallest absolute Gasteiger partial charge is 0.284 e. The standard InChI is InChI=1S/C26H27N5O2.ClH/c27-16-18-4-6-23-22(13-18)19(17-29-23)3-1-2-8-30-9-11-31(12-10-30)21-5-7-24-20(14-21)15-25(33-24)26(28)32;/h4-7,13-15,17,29H,1-3,8-12H2,(H2,28,32);1H/p-1. The van der Waals surface area contributed by atoms with Crippen LogP contribution in [-0.4, -0.2) is 48.5 Å². The zero-order valence-corrected chi connectivity index (χ0v) is 19.6. The zero-order valence-electron chi connectivity index (χ0n) is 18.9. The number of amides is 1. The van der Waals surface area contributed by atoms with Gasteiger partial charge in [0.1, 0.15) is 5.58 Å². The van der Waals surface area contributed by atoms with Gasteiger partial charge in [-0.3, -0.25) is 9.69 Å². The first-order valence-corrected chi connectivity index (χ1v) is 11.4. The molecule has 2 aromatic carbocycles. The van der Waals surface area contributed by atoms with Gasteiger partial charge in [0, 0.05) is 54.4 Å². The lowest BCUT2D eigenvalue weighted by Gasteiger charge is -2.36. The van der Waals surface area contributed by atoms with Crippen molar-refractivity contribution in [3.63, 3.8) is 0 Å². The molecule has 7 nitrogen and oxygen atoms in total. The van der Waals surface area contributed by atoms with E-state index in [0.29, 0.717) is 11.1 Å². The van der Waals surface area contributed by atoms with E-state index in [-0.39, 0.29) is 18.2 Å². The van der Waals surface area contributed by atoms with Gasteiger partial charge in [0.15, 0.2) is 5.76 Å². The maximum atomic E-state index is 11.4. The number of aromatic amines is 1. The van der Waals surface area contributed by atoms with E-state index >= 15 is 0 Å². The summed E-state index contributed by atoms with van der Waals surface area (Å²) in [7, 11) is 0. The van der Waals surface area contributed by atoms with Gasteiger partial charge in [-0.05, 0) is 73.8 Å². The van der Waals surface area contributed by atoms with E-state index in [9.17, 15) is 4.79 Å². The molecular formula is C26H27ClN5O2-. The van der Waals surface area contributed by atoms with Gasteiger partial charge < -0.3 is 32.4 Å². The summed E-state index contributed by atoms with van der Waals surface area (Å²) < 4.78 is 5.49. The molecule has 0 saturated carbocycles. The number of H-pyrrole nitrogens is 1. The minimum atomic E-state index is -0.544. The molecule has 0 atom stereocenters. The van der Waals surface area contributed by atoms with Gasteiger partial charge in [0.2, 0.25) is 0 Å². The first-order chi connectivity index (χ1) is 16.1. The normalized spacial score (nSPS) is 14.3. The largest absolute Gasteiger partial charge is 1.00 e. The molecular weight excluding hydrogens is 450 g/mol. The van der Waals surface area contributed by atoms with Crippen LogP contribution in [0.1, 0.15) is 34.5 Å². The summed E-state index contributed by atoms with van der Waals surface area (Å²) in [6.45, 7) is 5.13. The third-order valence-electron chi connectivity index (χ3n) is 6.55. The summed E-state index contributed by atoms with van der Waals surface area (Å²) in [6.07, 6.45) is 5.38. The van der Waals surface area contributed by atoms with Crippen LogP contribution in [0.4, 0.5) is 5.69 Å². The maximum absolute atomic E-state index is 11.4. The maximum Gasteiger partial charge on any atom is 0.284 e. The van der Waals surface area contributed by atoms with Gasteiger partial charge in [-0.15, -0.1) is 0 Å². The van der Waals surface area contributed by atoms with E-state index in [1.165, 1.54) is 10.9 Å². The third kappa shape index (κ3) is 4.89. The summed E-state index contributed by atoms with van der Waals surface area (Å²) in [5.74, 6) is -0.344. The molecule has 3 N–H and O–H groups in total. The summed E-state index contributed by atoms with van der Waals surface area (Å²) in [4.78, 5) is 19.6.